The van der Waals surface area contributed by atoms with Crippen LogP contribution in [-0.4, -0.2) is 29.3 Å². The van der Waals surface area contributed by atoms with Gasteiger partial charge in [0, 0.05) is 12.0 Å². The summed E-state index contributed by atoms with van der Waals surface area (Å²) in [5.41, 5.74) is -0.0306. The van der Waals surface area contributed by atoms with Crippen LogP contribution in [0.3, 0.4) is 0 Å². The van der Waals surface area contributed by atoms with Crippen molar-refractivity contribution in [3.8, 4) is 0 Å². The molecule has 1 amide bonds. The lowest BCUT2D eigenvalue weighted by Gasteiger charge is -2.12. The lowest BCUT2D eigenvalue weighted by Crippen LogP contribution is -2.22. The van der Waals surface area contributed by atoms with Crippen molar-refractivity contribution in [2.75, 3.05) is 18.5 Å². The predicted molar refractivity (Wildman–Crippen MR) is 66.2 cm³/mol. The minimum absolute atomic E-state index is 0.0147. The van der Waals surface area contributed by atoms with Gasteiger partial charge in [-0.25, -0.2) is 0 Å². The maximum Gasteiger partial charge on any atom is 0.231 e. The standard InChI is InChI=1S/C11H17N3O2S/c1-11(2,3)9-13-14-10(17-9)12-8(15)7-4-5-16-6-7/h7H,4-6H2,1-3H3,(H,12,14,15). The second-order valence-electron chi connectivity index (χ2n) is 5.21. The number of aromatic nitrogens is 2. The van der Waals surface area contributed by atoms with Crippen LogP contribution in [0.2, 0.25) is 0 Å². The Labute approximate surface area is 105 Å². The number of hydrogen-bond acceptors (Lipinski definition) is 5. The Kier molecular flexibility index (Phi) is 3.44. The monoisotopic (exact) mass is 255 g/mol. The normalized spacial score (nSPS) is 20.5. The summed E-state index contributed by atoms with van der Waals surface area (Å²) in [7, 11) is 0. The van der Waals surface area contributed by atoms with Gasteiger partial charge in [0.15, 0.2) is 0 Å². The van der Waals surface area contributed by atoms with Crippen LogP contribution in [0.25, 0.3) is 0 Å². The largest absolute Gasteiger partial charge is 0.381 e. The quantitative estimate of drug-likeness (QED) is 0.875. The smallest absolute Gasteiger partial charge is 0.231 e. The lowest BCUT2D eigenvalue weighted by atomic mass is 9.98. The molecule has 1 aliphatic rings. The molecule has 1 atom stereocenters. The van der Waals surface area contributed by atoms with Crippen molar-refractivity contribution in [3.63, 3.8) is 0 Å². The molecule has 17 heavy (non-hydrogen) atoms. The summed E-state index contributed by atoms with van der Waals surface area (Å²) >= 11 is 1.43. The second kappa shape index (κ2) is 4.70. The third-order valence-corrected chi connectivity index (χ3v) is 3.86. The summed E-state index contributed by atoms with van der Waals surface area (Å²) < 4.78 is 5.18. The van der Waals surface area contributed by atoms with Gasteiger partial charge < -0.3 is 10.1 Å². The molecule has 6 heteroatoms. The summed E-state index contributed by atoms with van der Waals surface area (Å²) in [4.78, 5) is 11.8. The van der Waals surface area contributed by atoms with Gasteiger partial charge in [-0.15, -0.1) is 10.2 Å². The van der Waals surface area contributed by atoms with Crippen LogP contribution in [0, 0.1) is 5.92 Å². The van der Waals surface area contributed by atoms with Crippen molar-refractivity contribution in [3.05, 3.63) is 5.01 Å². The van der Waals surface area contributed by atoms with Gasteiger partial charge >= 0.3 is 0 Å². The Balaban J connectivity index is 1.99. The summed E-state index contributed by atoms with van der Waals surface area (Å²) in [6.07, 6.45) is 0.788. The van der Waals surface area contributed by atoms with E-state index in [1.54, 1.807) is 0 Å². The maximum absolute atomic E-state index is 11.8. The molecule has 5 nitrogen and oxygen atoms in total. The van der Waals surface area contributed by atoms with Gasteiger partial charge in [-0.3, -0.25) is 4.79 Å². The molecule has 0 saturated carbocycles. The molecule has 2 heterocycles. The highest BCUT2D eigenvalue weighted by molar-refractivity contribution is 7.15. The van der Waals surface area contributed by atoms with Gasteiger partial charge in [-0.05, 0) is 6.42 Å². The zero-order valence-electron chi connectivity index (χ0n) is 10.3. The molecule has 1 N–H and O–H groups in total. The molecule has 0 aliphatic carbocycles. The Morgan fingerprint density at radius 3 is 2.76 bits per heavy atom. The predicted octanol–water partition coefficient (Wildman–Crippen LogP) is 1.81. The van der Waals surface area contributed by atoms with E-state index in [2.05, 4.69) is 36.3 Å². The number of ether oxygens (including phenoxy) is 1. The van der Waals surface area contributed by atoms with Crippen molar-refractivity contribution in [1.82, 2.24) is 10.2 Å². The molecule has 1 saturated heterocycles. The van der Waals surface area contributed by atoms with Gasteiger partial charge in [0.25, 0.3) is 0 Å². The first-order valence-corrected chi connectivity index (χ1v) is 6.51. The molecule has 1 aromatic heterocycles. The Bertz CT molecular complexity index is 405. The highest BCUT2D eigenvalue weighted by Gasteiger charge is 2.25. The minimum Gasteiger partial charge on any atom is -0.381 e. The summed E-state index contributed by atoms with van der Waals surface area (Å²) in [6, 6.07) is 0. The van der Waals surface area contributed by atoms with Crippen LogP contribution in [0.5, 0.6) is 0 Å². The fourth-order valence-electron chi connectivity index (χ4n) is 1.53. The average molecular weight is 255 g/mol. The molecule has 94 valence electrons. The van der Waals surface area contributed by atoms with Crippen molar-refractivity contribution in [1.29, 1.82) is 0 Å². The Morgan fingerprint density at radius 2 is 2.24 bits per heavy atom. The van der Waals surface area contributed by atoms with Crippen LogP contribution in [0.1, 0.15) is 32.2 Å². The molecule has 0 spiro atoms. The molecule has 0 bridgehead atoms. The highest BCUT2D eigenvalue weighted by Crippen LogP contribution is 2.28. The van der Waals surface area contributed by atoms with Gasteiger partial charge in [-0.1, -0.05) is 32.1 Å². The number of carbonyl (C=O) groups excluding carboxylic acids is 1. The number of carbonyl (C=O) groups is 1. The molecule has 0 aromatic carbocycles. The lowest BCUT2D eigenvalue weighted by molar-refractivity contribution is -0.119. The number of anilines is 1. The van der Waals surface area contributed by atoms with Crippen molar-refractivity contribution >= 4 is 22.4 Å². The summed E-state index contributed by atoms with van der Waals surface area (Å²) in [6.45, 7) is 7.40. The zero-order valence-corrected chi connectivity index (χ0v) is 11.1. The first-order valence-electron chi connectivity index (χ1n) is 5.69. The number of nitrogens with zero attached hydrogens (tertiary/aromatic N) is 2. The first-order chi connectivity index (χ1) is 7.97. The number of rotatable bonds is 2. The van der Waals surface area contributed by atoms with E-state index in [4.69, 9.17) is 4.74 Å². The van der Waals surface area contributed by atoms with Gasteiger partial charge in [0.05, 0.1) is 12.5 Å². The topological polar surface area (TPSA) is 64.1 Å². The van der Waals surface area contributed by atoms with E-state index in [0.29, 0.717) is 18.3 Å². The van der Waals surface area contributed by atoms with Crippen molar-refractivity contribution in [2.24, 2.45) is 5.92 Å². The third kappa shape index (κ3) is 3.01. The Morgan fingerprint density at radius 1 is 1.47 bits per heavy atom. The van der Waals surface area contributed by atoms with E-state index >= 15 is 0 Å². The first kappa shape index (κ1) is 12.4. The van der Waals surface area contributed by atoms with Crippen molar-refractivity contribution in [2.45, 2.75) is 32.6 Å². The van der Waals surface area contributed by atoms with Crippen LogP contribution < -0.4 is 5.32 Å². The van der Waals surface area contributed by atoms with E-state index in [9.17, 15) is 4.79 Å². The number of hydrogen-bond donors (Lipinski definition) is 1. The number of nitrogens with one attached hydrogen (secondary N) is 1. The molecule has 1 unspecified atom stereocenters. The maximum atomic E-state index is 11.8. The Hall–Kier alpha value is -1.01. The van der Waals surface area contributed by atoms with Crippen LogP contribution in [0.4, 0.5) is 5.13 Å². The fraction of sp³-hybridized carbons (Fsp3) is 0.727. The molecule has 2 rings (SSSR count). The van der Waals surface area contributed by atoms with E-state index in [-0.39, 0.29) is 17.2 Å². The van der Waals surface area contributed by atoms with Crippen LogP contribution in [-0.2, 0) is 14.9 Å². The third-order valence-electron chi connectivity index (χ3n) is 2.60. The minimum atomic E-state index is -0.0445. The molecule has 1 fully saturated rings. The van der Waals surface area contributed by atoms with E-state index in [0.717, 1.165) is 11.4 Å². The van der Waals surface area contributed by atoms with Gasteiger partial charge in [0.2, 0.25) is 11.0 Å². The van der Waals surface area contributed by atoms with E-state index in [1.165, 1.54) is 11.3 Å². The molecular weight excluding hydrogens is 238 g/mol. The molecule has 1 aliphatic heterocycles. The molecular formula is C11H17N3O2S. The van der Waals surface area contributed by atoms with Crippen LogP contribution >= 0.6 is 11.3 Å². The van der Waals surface area contributed by atoms with Gasteiger partial charge in [0.1, 0.15) is 5.01 Å². The zero-order chi connectivity index (χ0) is 12.5. The van der Waals surface area contributed by atoms with Crippen molar-refractivity contribution < 1.29 is 9.53 Å². The van der Waals surface area contributed by atoms with E-state index < -0.39 is 0 Å². The SMILES string of the molecule is CC(C)(C)c1nnc(NC(=O)C2CCOC2)s1. The second-order valence-corrected chi connectivity index (χ2v) is 6.19. The molecule has 0 radical (unpaired) electrons. The van der Waals surface area contributed by atoms with Gasteiger partial charge in [-0.2, -0.15) is 0 Å². The average Bonchev–Trinajstić information content (AvgIpc) is 2.85. The molecule has 1 aromatic rings. The summed E-state index contributed by atoms with van der Waals surface area (Å²) in [5, 5.41) is 12.4. The highest BCUT2D eigenvalue weighted by atomic mass is 32.1. The summed E-state index contributed by atoms with van der Waals surface area (Å²) in [5.74, 6) is -0.0592. The number of amides is 1. The van der Waals surface area contributed by atoms with E-state index in [1.807, 2.05) is 0 Å². The fourth-order valence-corrected chi connectivity index (χ4v) is 2.33. The van der Waals surface area contributed by atoms with Crippen LogP contribution in [0.15, 0.2) is 0 Å².